The van der Waals surface area contributed by atoms with Crippen LogP contribution in [-0.4, -0.2) is 54.6 Å². The molecule has 1 N–H and O–H groups in total. The van der Waals surface area contributed by atoms with Crippen molar-refractivity contribution in [2.75, 3.05) is 26.2 Å². The highest BCUT2D eigenvalue weighted by molar-refractivity contribution is 5.35. The van der Waals surface area contributed by atoms with Gasteiger partial charge in [-0.25, -0.2) is 0 Å². The summed E-state index contributed by atoms with van der Waals surface area (Å²) in [6.07, 6.45) is 1.03. The van der Waals surface area contributed by atoms with Crippen molar-refractivity contribution in [3.05, 3.63) is 29.8 Å². The van der Waals surface area contributed by atoms with E-state index in [1.165, 1.54) is 5.56 Å². The Morgan fingerprint density at radius 1 is 1.26 bits per heavy atom. The third-order valence-electron chi connectivity index (χ3n) is 4.46. The van der Waals surface area contributed by atoms with E-state index in [1.54, 1.807) is 0 Å². The number of para-hydroxylation sites is 1. The fourth-order valence-corrected chi connectivity index (χ4v) is 3.21. The first-order valence-electron chi connectivity index (χ1n) is 8.77. The predicted octanol–water partition coefficient (Wildman–Crippen LogP) is 3.05. The van der Waals surface area contributed by atoms with Crippen LogP contribution in [0.5, 0.6) is 5.75 Å². The monoisotopic (exact) mass is 321 g/mol. The Morgan fingerprint density at radius 3 is 2.57 bits per heavy atom. The van der Waals surface area contributed by atoms with E-state index >= 15 is 0 Å². The topological polar surface area (TPSA) is 41.9 Å². The van der Waals surface area contributed by atoms with Crippen molar-refractivity contribution < 1.29 is 14.6 Å². The van der Waals surface area contributed by atoms with Crippen molar-refractivity contribution in [2.24, 2.45) is 0 Å². The number of ether oxygens (including phenoxy) is 2. The van der Waals surface area contributed by atoms with Crippen LogP contribution in [0.4, 0.5) is 0 Å². The quantitative estimate of drug-likeness (QED) is 0.838. The second kappa shape index (κ2) is 8.67. The van der Waals surface area contributed by atoms with Gasteiger partial charge in [0.05, 0.1) is 12.2 Å². The fraction of sp³-hybridized carbons (Fsp3) is 0.684. The first-order chi connectivity index (χ1) is 11.0. The molecule has 1 heterocycles. The molecule has 0 radical (unpaired) electrons. The molecule has 2 rings (SSSR count). The molecule has 0 amide bonds. The van der Waals surface area contributed by atoms with Gasteiger partial charge in [0.1, 0.15) is 18.5 Å². The zero-order chi connectivity index (χ0) is 16.8. The smallest absolute Gasteiger partial charge is 0.122 e. The van der Waals surface area contributed by atoms with Gasteiger partial charge in [-0.15, -0.1) is 0 Å². The summed E-state index contributed by atoms with van der Waals surface area (Å²) in [6.45, 7) is 11.2. The van der Waals surface area contributed by atoms with Crippen LogP contribution in [0.25, 0.3) is 0 Å². The number of hydrogen-bond acceptors (Lipinski definition) is 4. The third kappa shape index (κ3) is 5.48. The first kappa shape index (κ1) is 18.2. The molecule has 1 aromatic carbocycles. The third-order valence-corrected chi connectivity index (χ3v) is 4.46. The fourth-order valence-electron chi connectivity index (χ4n) is 3.21. The number of rotatable bonds is 7. The van der Waals surface area contributed by atoms with Crippen molar-refractivity contribution >= 4 is 0 Å². The number of β-amino-alcohol motifs (C(OH)–C–C–N with tert-alkyl or cyclic N) is 1. The Labute approximate surface area is 140 Å². The van der Waals surface area contributed by atoms with Crippen molar-refractivity contribution in [1.29, 1.82) is 0 Å². The van der Waals surface area contributed by atoms with Crippen LogP contribution in [0.1, 0.15) is 45.6 Å². The SMILES string of the molecule is CC[C@@H](C)c1ccccc1OC[C@H](O)CN1C[C@@H](C)O[C@@H](C)C1. The number of morpholine rings is 1. The zero-order valence-electron chi connectivity index (χ0n) is 14.9. The van der Waals surface area contributed by atoms with E-state index in [0.717, 1.165) is 25.3 Å². The standard InChI is InChI=1S/C19H31NO3/c1-5-14(2)18-8-6-7-9-19(18)22-13-17(21)12-20-10-15(3)23-16(4)11-20/h6-9,14-17,21H,5,10-13H2,1-4H3/t14-,15-,16+,17-/m1/s1. The normalized spacial score (nSPS) is 25.1. The van der Waals surface area contributed by atoms with Gasteiger partial charge in [0.15, 0.2) is 0 Å². The average Bonchev–Trinajstić information content (AvgIpc) is 2.51. The van der Waals surface area contributed by atoms with Gasteiger partial charge in [-0.05, 0) is 37.8 Å². The lowest BCUT2D eigenvalue weighted by molar-refractivity contribution is -0.0787. The van der Waals surface area contributed by atoms with Gasteiger partial charge in [-0.2, -0.15) is 0 Å². The van der Waals surface area contributed by atoms with Crippen LogP contribution in [0.15, 0.2) is 24.3 Å². The summed E-state index contributed by atoms with van der Waals surface area (Å²) in [5, 5.41) is 10.3. The molecule has 1 aliphatic rings. The van der Waals surface area contributed by atoms with E-state index in [-0.39, 0.29) is 12.2 Å². The summed E-state index contributed by atoms with van der Waals surface area (Å²) in [4.78, 5) is 2.26. The van der Waals surface area contributed by atoms with Gasteiger partial charge in [0.25, 0.3) is 0 Å². The summed E-state index contributed by atoms with van der Waals surface area (Å²) < 4.78 is 11.6. The maximum absolute atomic E-state index is 10.3. The Hall–Kier alpha value is -1.10. The summed E-state index contributed by atoms with van der Waals surface area (Å²) in [7, 11) is 0. The molecule has 130 valence electrons. The molecule has 0 spiro atoms. The highest BCUT2D eigenvalue weighted by Gasteiger charge is 2.24. The van der Waals surface area contributed by atoms with Gasteiger partial charge in [-0.3, -0.25) is 4.90 Å². The molecular weight excluding hydrogens is 290 g/mol. The summed E-state index contributed by atoms with van der Waals surface area (Å²) in [5.41, 5.74) is 1.22. The average molecular weight is 321 g/mol. The van der Waals surface area contributed by atoms with Gasteiger partial charge >= 0.3 is 0 Å². The maximum Gasteiger partial charge on any atom is 0.122 e. The molecule has 0 unspecified atom stereocenters. The Bertz CT molecular complexity index is 469. The Morgan fingerprint density at radius 2 is 1.91 bits per heavy atom. The number of hydrogen-bond donors (Lipinski definition) is 1. The van der Waals surface area contributed by atoms with E-state index in [2.05, 4.69) is 38.7 Å². The van der Waals surface area contributed by atoms with Crippen molar-refractivity contribution in [1.82, 2.24) is 4.90 Å². The molecule has 1 saturated heterocycles. The van der Waals surface area contributed by atoms with Gasteiger partial charge in [-0.1, -0.05) is 32.0 Å². The van der Waals surface area contributed by atoms with Crippen LogP contribution in [0, 0.1) is 0 Å². The number of benzene rings is 1. The highest BCUT2D eigenvalue weighted by Crippen LogP contribution is 2.28. The van der Waals surface area contributed by atoms with Crippen molar-refractivity contribution in [2.45, 2.75) is 58.3 Å². The molecule has 0 aliphatic carbocycles. The molecule has 1 aliphatic heterocycles. The van der Waals surface area contributed by atoms with Crippen LogP contribution in [-0.2, 0) is 4.74 Å². The molecule has 4 atom stereocenters. The second-order valence-electron chi connectivity index (χ2n) is 6.79. The minimum atomic E-state index is -0.488. The van der Waals surface area contributed by atoms with E-state index in [0.29, 0.717) is 19.1 Å². The van der Waals surface area contributed by atoms with Crippen molar-refractivity contribution in [3.8, 4) is 5.75 Å². The number of nitrogens with zero attached hydrogens (tertiary/aromatic N) is 1. The minimum Gasteiger partial charge on any atom is -0.491 e. The van der Waals surface area contributed by atoms with Crippen molar-refractivity contribution in [3.63, 3.8) is 0 Å². The van der Waals surface area contributed by atoms with E-state index < -0.39 is 6.10 Å². The molecular formula is C19H31NO3. The number of aliphatic hydroxyl groups is 1. The molecule has 0 bridgehead atoms. The van der Waals surface area contributed by atoms with E-state index in [4.69, 9.17) is 9.47 Å². The molecule has 1 aromatic rings. The highest BCUT2D eigenvalue weighted by atomic mass is 16.5. The number of aliphatic hydroxyl groups excluding tert-OH is 1. The Kier molecular flexibility index (Phi) is 6.88. The molecule has 23 heavy (non-hydrogen) atoms. The van der Waals surface area contributed by atoms with E-state index in [1.807, 2.05) is 18.2 Å². The molecule has 0 saturated carbocycles. The summed E-state index contributed by atoms with van der Waals surface area (Å²) in [5.74, 6) is 1.36. The lowest BCUT2D eigenvalue weighted by Crippen LogP contribution is -2.48. The summed E-state index contributed by atoms with van der Waals surface area (Å²) >= 11 is 0. The largest absolute Gasteiger partial charge is 0.491 e. The lowest BCUT2D eigenvalue weighted by atomic mass is 9.98. The second-order valence-corrected chi connectivity index (χ2v) is 6.79. The van der Waals surface area contributed by atoms with E-state index in [9.17, 15) is 5.11 Å². The van der Waals surface area contributed by atoms with Crippen LogP contribution < -0.4 is 4.74 Å². The van der Waals surface area contributed by atoms with Crippen LogP contribution >= 0.6 is 0 Å². The van der Waals surface area contributed by atoms with Gasteiger partial charge < -0.3 is 14.6 Å². The minimum absolute atomic E-state index is 0.220. The van der Waals surface area contributed by atoms with Gasteiger partial charge in [0, 0.05) is 19.6 Å². The molecule has 4 heteroatoms. The van der Waals surface area contributed by atoms with Crippen LogP contribution in [0.2, 0.25) is 0 Å². The molecule has 4 nitrogen and oxygen atoms in total. The zero-order valence-corrected chi connectivity index (χ0v) is 14.9. The van der Waals surface area contributed by atoms with Crippen LogP contribution in [0.3, 0.4) is 0 Å². The Balaban J connectivity index is 1.86. The molecule has 1 fully saturated rings. The lowest BCUT2D eigenvalue weighted by Gasteiger charge is -2.36. The first-order valence-corrected chi connectivity index (χ1v) is 8.77. The maximum atomic E-state index is 10.3. The summed E-state index contributed by atoms with van der Waals surface area (Å²) in [6, 6.07) is 8.13. The molecule has 0 aromatic heterocycles. The van der Waals surface area contributed by atoms with Gasteiger partial charge in [0.2, 0.25) is 0 Å². The predicted molar refractivity (Wildman–Crippen MR) is 93.1 cm³/mol.